The van der Waals surface area contributed by atoms with Crippen LogP contribution in [-0.4, -0.2) is 20.0 Å². The summed E-state index contributed by atoms with van der Waals surface area (Å²) in [5, 5.41) is 3.40. The predicted molar refractivity (Wildman–Crippen MR) is 74.3 cm³/mol. The molecule has 1 aromatic rings. The standard InChI is InChI=1S/C14H20N2O2S/c1-14(7-8-14)16-19(17,18)13-4-2-3-11(9-13)10-15-12-5-6-12/h2-4,9,12,15-16H,5-8,10H2,1H3. The van der Waals surface area contributed by atoms with Crippen molar-refractivity contribution in [2.75, 3.05) is 0 Å². The van der Waals surface area contributed by atoms with Gasteiger partial charge in [0.25, 0.3) is 0 Å². The van der Waals surface area contributed by atoms with E-state index in [1.54, 1.807) is 12.1 Å². The van der Waals surface area contributed by atoms with Gasteiger partial charge in [-0.1, -0.05) is 12.1 Å². The van der Waals surface area contributed by atoms with Gasteiger partial charge in [-0.3, -0.25) is 0 Å². The monoisotopic (exact) mass is 280 g/mol. The fourth-order valence-corrected chi connectivity index (χ4v) is 3.58. The SMILES string of the molecule is CC1(NS(=O)(=O)c2cccc(CNC3CC3)c2)CC1. The van der Waals surface area contributed by atoms with E-state index in [2.05, 4.69) is 10.0 Å². The van der Waals surface area contributed by atoms with Crippen molar-refractivity contribution in [2.45, 2.75) is 55.6 Å². The number of rotatable bonds is 6. The van der Waals surface area contributed by atoms with Crippen molar-refractivity contribution in [1.29, 1.82) is 0 Å². The van der Waals surface area contributed by atoms with Crippen molar-refractivity contribution in [3.05, 3.63) is 29.8 Å². The Bertz CT molecular complexity index is 575. The highest BCUT2D eigenvalue weighted by molar-refractivity contribution is 7.89. The minimum atomic E-state index is -3.38. The molecule has 2 fully saturated rings. The molecule has 0 saturated heterocycles. The maximum atomic E-state index is 12.3. The lowest BCUT2D eigenvalue weighted by Crippen LogP contribution is -2.34. The normalized spacial score (nSPS) is 21.3. The molecule has 104 valence electrons. The Kier molecular flexibility index (Phi) is 3.15. The second kappa shape index (κ2) is 4.58. The largest absolute Gasteiger partial charge is 0.310 e. The van der Waals surface area contributed by atoms with Crippen molar-refractivity contribution in [2.24, 2.45) is 0 Å². The zero-order valence-corrected chi connectivity index (χ0v) is 12.0. The first-order chi connectivity index (χ1) is 8.97. The summed E-state index contributed by atoms with van der Waals surface area (Å²) < 4.78 is 27.3. The van der Waals surface area contributed by atoms with Crippen molar-refractivity contribution in [1.82, 2.24) is 10.0 Å². The molecule has 0 aliphatic heterocycles. The maximum absolute atomic E-state index is 12.3. The number of benzene rings is 1. The van der Waals surface area contributed by atoms with E-state index < -0.39 is 10.0 Å². The minimum Gasteiger partial charge on any atom is -0.310 e. The second-order valence-corrected chi connectivity index (χ2v) is 7.65. The van der Waals surface area contributed by atoms with E-state index in [0.717, 1.165) is 24.9 Å². The van der Waals surface area contributed by atoms with Crippen LogP contribution in [0.25, 0.3) is 0 Å². The van der Waals surface area contributed by atoms with Crippen molar-refractivity contribution < 1.29 is 8.42 Å². The van der Waals surface area contributed by atoms with Crippen LogP contribution in [0.3, 0.4) is 0 Å². The number of hydrogen-bond donors (Lipinski definition) is 2. The molecular formula is C14H20N2O2S. The van der Waals surface area contributed by atoms with Crippen LogP contribution < -0.4 is 10.0 Å². The molecule has 0 atom stereocenters. The smallest absolute Gasteiger partial charge is 0.241 e. The van der Waals surface area contributed by atoms with Gasteiger partial charge < -0.3 is 5.32 Å². The van der Waals surface area contributed by atoms with Crippen LogP contribution in [0, 0.1) is 0 Å². The van der Waals surface area contributed by atoms with E-state index in [4.69, 9.17) is 0 Å². The molecule has 2 saturated carbocycles. The van der Waals surface area contributed by atoms with Gasteiger partial charge in [0.05, 0.1) is 4.90 Å². The third kappa shape index (κ3) is 3.35. The summed E-state index contributed by atoms with van der Waals surface area (Å²) in [6.07, 6.45) is 4.32. The van der Waals surface area contributed by atoms with Gasteiger partial charge in [-0.25, -0.2) is 13.1 Å². The van der Waals surface area contributed by atoms with Gasteiger partial charge >= 0.3 is 0 Å². The fourth-order valence-electron chi connectivity index (χ4n) is 2.05. The van der Waals surface area contributed by atoms with E-state index >= 15 is 0 Å². The Morgan fingerprint density at radius 3 is 2.68 bits per heavy atom. The summed E-state index contributed by atoms with van der Waals surface area (Å²) in [7, 11) is -3.38. The van der Waals surface area contributed by atoms with Crippen LogP contribution >= 0.6 is 0 Å². The van der Waals surface area contributed by atoms with Gasteiger partial charge in [0, 0.05) is 18.1 Å². The number of sulfonamides is 1. The first-order valence-corrected chi connectivity index (χ1v) is 8.32. The van der Waals surface area contributed by atoms with Crippen LogP contribution in [0.15, 0.2) is 29.2 Å². The number of hydrogen-bond acceptors (Lipinski definition) is 3. The Morgan fingerprint density at radius 1 is 1.32 bits per heavy atom. The molecular weight excluding hydrogens is 260 g/mol. The fraction of sp³-hybridized carbons (Fsp3) is 0.571. The predicted octanol–water partition coefficient (Wildman–Crippen LogP) is 1.77. The van der Waals surface area contributed by atoms with E-state index in [1.165, 1.54) is 12.8 Å². The van der Waals surface area contributed by atoms with Gasteiger partial charge in [-0.15, -0.1) is 0 Å². The van der Waals surface area contributed by atoms with Gasteiger partial charge in [0.15, 0.2) is 0 Å². The van der Waals surface area contributed by atoms with Crippen LogP contribution in [0.2, 0.25) is 0 Å². The third-order valence-corrected chi connectivity index (χ3v) is 5.40. The van der Waals surface area contributed by atoms with Gasteiger partial charge in [0.1, 0.15) is 0 Å². The van der Waals surface area contributed by atoms with Gasteiger partial charge in [-0.2, -0.15) is 0 Å². The van der Waals surface area contributed by atoms with Crippen molar-refractivity contribution >= 4 is 10.0 Å². The quantitative estimate of drug-likeness (QED) is 0.835. The van der Waals surface area contributed by atoms with Gasteiger partial charge in [-0.05, 0) is 50.3 Å². The van der Waals surface area contributed by atoms with Crippen LogP contribution in [0.1, 0.15) is 38.2 Å². The molecule has 0 heterocycles. The summed E-state index contributed by atoms with van der Waals surface area (Å²) >= 11 is 0. The summed E-state index contributed by atoms with van der Waals surface area (Å²) in [6, 6.07) is 7.84. The van der Waals surface area contributed by atoms with Crippen molar-refractivity contribution in [3.63, 3.8) is 0 Å². The zero-order chi connectivity index (χ0) is 13.5. The molecule has 19 heavy (non-hydrogen) atoms. The van der Waals surface area contributed by atoms with Crippen molar-refractivity contribution in [3.8, 4) is 0 Å². The topological polar surface area (TPSA) is 58.2 Å². The second-order valence-electron chi connectivity index (χ2n) is 5.97. The van der Waals surface area contributed by atoms with Gasteiger partial charge in [0.2, 0.25) is 10.0 Å². The highest BCUT2D eigenvalue weighted by Crippen LogP contribution is 2.36. The molecule has 0 unspecified atom stereocenters. The molecule has 2 N–H and O–H groups in total. The molecule has 3 rings (SSSR count). The molecule has 0 bridgehead atoms. The lowest BCUT2D eigenvalue weighted by atomic mass is 10.2. The average molecular weight is 280 g/mol. The van der Waals surface area contributed by atoms with E-state index in [9.17, 15) is 8.42 Å². The van der Waals surface area contributed by atoms with E-state index in [-0.39, 0.29) is 5.54 Å². The van der Waals surface area contributed by atoms with Crippen LogP contribution in [0.4, 0.5) is 0 Å². The summed E-state index contributed by atoms with van der Waals surface area (Å²) in [5.41, 5.74) is 0.803. The number of nitrogens with one attached hydrogen (secondary N) is 2. The molecule has 0 radical (unpaired) electrons. The Morgan fingerprint density at radius 2 is 2.05 bits per heavy atom. The summed E-state index contributed by atoms with van der Waals surface area (Å²) in [5.74, 6) is 0. The summed E-state index contributed by atoms with van der Waals surface area (Å²) in [6.45, 7) is 2.69. The molecule has 0 aromatic heterocycles. The molecule has 1 aromatic carbocycles. The average Bonchev–Trinajstić information content (AvgIpc) is 3.25. The molecule has 2 aliphatic rings. The Labute approximate surface area is 114 Å². The molecule has 4 nitrogen and oxygen atoms in total. The lowest BCUT2D eigenvalue weighted by Gasteiger charge is -2.13. The summed E-state index contributed by atoms with van der Waals surface area (Å²) in [4.78, 5) is 0.371. The third-order valence-electron chi connectivity index (χ3n) is 3.76. The van der Waals surface area contributed by atoms with Crippen LogP contribution in [0.5, 0.6) is 0 Å². The minimum absolute atomic E-state index is 0.221. The molecule has 0 amide bonds. The molecule has 0 spiro atoms. The Balaban J connectivity index is 1.73. The first kappa shape index (κ1) is 13.1. The lowest BCUT2D eigenvalue weighted by molar-refractivity contribution is 0.558. The zero-order valence-electron chi connectivity index (χ0n) is 11.1. The molecule has 5 heteroatoms. The highest BCUT2D eigenvalue weighted by Gasteiger charge is 2.41. The van der Waals surface area contributed by atoms with E-state index in [1.807, 2.05) is 19.1 Å². The first-order valence-electron chi connectivity index (χ1n) is 6.83. The Hall–Kier alpha value is -0.910. The maximum Gasteiger partial charge on any atom is 0.241 e. The molecule has 2 aliphatic carbocycles. The highest BCUT2D eigenvalue weighted by atomic mass is 32.2. The van der Waals surface area contributed by atoms with E-state index in [0.29, 0.717) is 10.9 Å². The van der Waals surface area contributed by atoms with Crippen LogP contribution in [-0.2, 0) is 16.6 Å².